The van der Waals surface area contributed by atoms with Crippen LogP contribution in [0.15, 0.2) is 54.6 Å². The van der Waals surface area contributed by atoms with Crippen LogP contribution in [-0.2, 0) is 4.79 Å². The van der Waals surface area contributed by atoms with Gasteiger partial charge in [0.05, 0.1) is 0 Å². The lowest BCUT2D eigenvalue weighted by Crippen LogP contribution is -1.91. The van der Waals surface area contributed by atoms with Crippen LogP contribution < -0.4 is 4.74 Å². The first kappa shape index (κ1) is 10.3. The first-order chi connectivity index (χ1) is 9.38. The lowest BCUT2D eigenvalue weighted by atomic mass is 9.94. The van der Waals surface area contributed by atoms with E-state index >= 15 is 0 Å². The van der Waals surface area contributed by atoms with Crippen molar-refractivity contribution in [2.24, 2.45) is 0 Å². The fraction of sp³-hybridized carbons (Fsp3) is 0. The molecule has 4 aromatic carbocycles. The summed E-state index contributed by atoms with van der Waals surface area (Å²) in [6, 6.07) is 18.3. The van der Waals surface area contributed by atoms with Crippen molar-refractivity contribution in [3.8, 4) is 5.75 Å². The van der Waals surface area contributed by atoms with Crippen LogP contribution in [0.2, 0.25) is 0 Å². The first-order valence-corrected chi connectivity index (χ1v) is 6.09. The minimum absolute atomic E-state index is 0.556. The molecular weight excluding hydrogens is 236 g/mol. The SMILES string of the molecule is O=[C]Oc1ccc2ccc3cccc4ccc1c2c34. The van der Waals surface area contributed by atoms with Crippen LogP contribution in [0.4, 0.5) is 0 Å². The molecule has 2 nitrogen and oxygen atoms in total. The fourth-order valence-electron chi connectivity index (χ4n) is 2.84. The smallest absolute Gasteiger partial charge is 0.417 e. The van der Waals surface area contributed by atoms with Crippen LogP contribution in [0.1, 0.15) is 0 Å². The van der Waals surface area contributed by atoms with Gasteiger partial charge < -0.3 is 4.74 Å². The second kappa shape index (κ2) is 3.69. The van der Waals surface area contributed by atoms with Crippen molar-refractivity contribution >= 4 is 38.8 Å². The third-order valence-electron chi connectivity index (χ3n) is 3.64. The van der Waals surface area contributed by atoms with Gasteiger partial charge in [0.2, 0.25) is 0 Å². The molecule has 0 aliphatic rings. The quantitative estimate of drug-likeness (QED) is 0.498. The van der Waals surface area contributed by atoms with Crippen molar-refractivity contribution < 1.29 is 9.53 Å². The molecule has 0 spiro atoms. The molecule has 0 fully saturated rings. The average Bonchev–Trinajstić information content (AvgIpc) is 2.46. The van der Waals surface area contributed by atoms with E-state index in [-0.39, 0.29) is 0 Å². The number of benzene rings is 4. The molecule has 0 aromatic heterocycles. The van der Waals surface area contributed by atoms with E-state index in [0.717, 1.165) is 16.2 Å². The van der Waals surface area contributed by atoms with Crippen molar-refractivity contribution in [1.82, 2.24) is 0 Å². The standard InChI is InChI=1S/C17H9O2/c18-10-19-15-9-7-13-5-4-11-2-1-3-12-6-8-14(15)17(13)16(11)12/h1-9H. The lowest BCUT2D eigenvalue weighted by molar-refractivity contribution is 0.445. The summed E-state index contributed by atoms with van der Waals surface area (Å²) in [6.45, 7) is 1.51. The summed E-state index contributed by atoms with van der Waals surface area (Å²) in [4.78, 5) is 10.5. The van der Waals surface area contributed by atoms with E-state index in [9.17, 15) is 4.79 Å². The molecule has 89 valence electrons. The largest absolute Gasteiger partial charge is 0.423 e. The summed E-state index contributed by atoms with van der Waals surface area (Å²) in [7, 11) is 0. The summed E-state index contributed by atoms with van der Waals surface area (Å²) in [5.41, 5.74) is 0. The van der Waals surface area contributed by atoms with Crippen molar-refractivity contribution in [2.75, 3.05) is 0 Å². The zero-order valence-corrected chi connectivity index (χ0v) is 10.0. The number of rotatable bonds is 2. The van der Waals surface area contributed by atoms with Gasteiger partial charge in [-0.25, -0.2) is 4.79 Å². The van der Waals surface area contributed by atoms with Crippen molar-refractivity contribution in [3.63, 3.8) is 0 Å². The predicted octanol–water partition coefficient (Wildman–Crippen LogP) is 4.03. The van der Waals surface area contributed by atoms with Crippen LogP contribution >= 0.6 is 0 Å². The van der Waals surface area contributed by atoms with Gasteiger partial charge >= 0.3 is 6.47 Å². The van der Waals surface area contributed by atoms with Crippen LogP contribution in [0, 0.1) is 0 Å². The van der Waals surface area contributed by atoms with Gasteiger partial charge in [0.15, 0.2) is 0 Å². The molecule has 0 unspecified atom stereocenters. The molecule has 0 N–H and O–H groups in total. The Labute approximate surface area is 109 Å². The predicted molar refractivity (Wildman–Crippen MR) is 76.5 cm³/mol. The molecule has 0 saturated heterocycles. The van der Waals surface area contributed by atoms with E-state index in [1.165, 1.54) is 22.6 Å². The van der Waals surface area contributed by atoms with Gasteiger partial charge in [0, 0.05) is 10.8 Å². The maximum Gasteiger partial charge on any atom is 0.423 e. The highest BCUT2D eigenvalue weighted by Gasteiger charge is 2.11. The monoisotopic (exact) mass is 245 g/mol. The molecule has 0 aliphatic carbocycles. The number of hydrogen-bond acceptors (Lipinski definition) is 2. The molecular formula is C17H9O2. The third-order valence-corrected chi connectivity index (χ3v) is 3.64. The number of carbonyl (C=O) groups excluding carboxylic acids is 1. The Morgan fingerprint density at radius 3 is 2.11 bits per heavy atom. The Bertz CT molecular complexity index is 893. The molecule has 0 saturated carbocycles. The van der Waals surface area contributed by atoms with E-state index in [1.54, 1.807) is 0 Å². The lowest BCUT2D eigenvalue weighted by Gasteiger charge is -2.12. The van der Waals surface area contributed by atoms with Crippen LogP contribution in [0.25, 0.3) is 32.3 Å². The minimum Gasteiger partial charge on any atom is -0.417 e. The third kappa shape index (κ3) is 1.34. The Morgan fingerprint density at radius 2 is 1.37 bits per heavy atom. The van der Waals surface area contributed by atoms with Gasteiger partial charge in [-0.3, -0.25) is 0 Å². The highest BCUT2D eigenvalue weighted by Crippen LogP contribution is 2.38. The number of ether oxygens (including phenoxy) is 1. The van der Waals surface area contributed by atoms with Gasteiger partial charge in [-0.05, 0) is 33.7 Å². The van der Waals surface area contributed by atoms with Crippen LogP contribution in [0.3, 0.4) is 0 Å². The molecule has 0 heterocycles. The van der Waals surface area contributed by atoms with Crippen LogP contribution in [-0.4, -0.2) is 6.47 Å². The highest BCUT2D eigenvalue weighted by atomic mass is 16.5. The molecule has 19 heavy (non-hydrogen) atoms. The van der Waals surface area contributed by atoms with Crippen molar-refractivity contribution in [2.45, 2.75) is 0 Å². The molecule has 4 aromatic rings. The van der Waals surface area contributed by atoms with Crippen molar-refractivity contribution in [1.29, 1.82) is 0 Å². The molecule has 2 heteroatoms. The second-order valence-electron chi connectivity index (χ2n) is 4.61. The average molecular weight is 245 g/mol. The molecule has 1 radical (unpaired) electrons. The normalized spacial score (nSPS) is 11.4. The zero-order chi connectivity index (χ0) is 12.8. The topological polar surface area (TPSA) is 26.3 Å². The van der Waals surface area contributed by atoms with Crippen molar-refractivity contribution in [3.05, 3.63) is 54.6 Å². The van der Waals surface area contributed by atoms with E-state index in [1.807, 2.05) is 18.2 Å². The molecule has 0 bridgehead atoms. The van der Waals surface area contributed by atoms with Gasteiger partial charge in [0.25, 0.3) is 0 Å². The Morgan fingerprint density at radius 1 is 0.737 bits per heavy atom. The van der Waals surface area contributed by atoms with Gasteiger partial charge in [-0.1, -0.05) is 42.5 Å². The Kier molecular flexibility index (Phi) is 2.00. The zero-order valence-electron chi connectivity index (χ0n) is 10.0. The first-order valence-electron chi connectivity index (χ1n) is 6.09. The second-order valence-corrected chi connectivity index (χ2v) is 4.61. The van der Waals surface area contributed by atoms with E-state index < -0.39 is 0 Å². The molecule has 0 amide bonds. The molecule has 0 aliphatic heterocycles. The maximum absolute atomic E-state index is 10.5. The van der Waals surface area contributed by atoms with E-state index in [2.05, 4.69) is 36.4 Å². The van der Waals surface area contributed by atoms with E-state index in [0.29, 0.717) is 5.75 Å². The summed E-state index contributed by atoms with van der Waals surface area (Å²) in [5, 5.41) is 6.85. The Hall–Kier alpha value is -2.61. The minimum atomic E-state index is 0.556. The summed E-state index contributed by atoms with van der Waals surface area (Å²) < 4.78 is 4.96. The summed E-state index contributed by atoms with van der Waals surface area (Å²) in [5.74, 6) is 0.556. The summed E-state index contributed by atoms with van der Waals surface area (Å²) in [6.07, 6.45) is 0. The van der Waals surface area contributed by atoms with Gasteiger partial charge in [-0.15, -0.1) is 0 Å². The van der Waals surface area contributed by atoms with Crippen LogP contribution in [0.5, 0.6) is 5.75 Å². The number of hydrogen-bond donors (Lipinski definition) is 0. The van der Waals surface area contributed by atoms with Gasteiger partial charge in [-0.2, -0.15) is 0 Å². The molecule has 0 atom stereocenters. The van der Waals surface area contributed by atoms with Gasteiger partial charge in [0.1, 0.15) is 5.75 Å². The van der Waals surface area contributed by atoms with E-state index in [4.69, 9.17) is 4.74 Å². The highest BCUT2D eigenvalue weighted by molar-refractivity contribution is 6.24. The fourth-order valence-corrected chi connectivity index (χ4v) is 2.84. The Balaban J connectivity index is 2.31. The molecule has 4 rings (SSSR count). The maximum atomic E-state index is 10.5. The summed E-state index contributed by atoms with van der Waals surface area (Å²) >= 11 is 0.